The van der Waals surface area contributed by atoms with Crippen molar-refractivity contribution in [2.24, 2.45) is 5.92 Å². The predicted molar refractivity (Wildman–Crippen MR) is 151 cm³/mol. The first kappa shape index (κ1) is 28.6. The molecule has 3 aromatic heterocycles. The highest BCUT2D eigenvalue weighted by molar-refractivity contribution is 7.09. The van der Waals surface area contributed by atoms with Gasteiger partial charge in [0.15, 0.2) is 0 Å². The summed E-state index contributed by atoms with van der Waals surface area (Å²) in [4.78, 5) is 48.8. The van der Waals surface area contributed by atoms with Crippen molar-refractivity contribution in [1.29, 1.82) is 0 Å². The van der Waals surface area contributed by atoms with E-state index in [2.05, 4.69) is 18.8 Å². The minimum absolute atomic E-state index is 0.140. The van der Waals surface area contributed by atoms with E-state index in [0.717, 1.165) is 36.0 Å². The van der Waals surface area contributed by atoms with Crippen molar-refractivity contribution < 1.29 is 18.7 Å². The van der Waals surface area contributed by atoms with E-state index in [-0.39, 0.29) is 11.5 Å². The fourth-order valence-electron chi connectivity index (χ4n) is 4.53. The normalized spacial score (nSPS) is 16.4. The molecule has 1 atom stereocenters. The summed E-state index contributed by atoms with van der Waals surface area (Å²) in [7, 11) is 0. The number of piperidine rings is 1. The minimum atomic E-state index is -0.695. The minimum Gasteiger partial charge on any atom is -0.457 e. The number of esters is 1. The molecule has 1 aliphatic rings. The van der Waals surface area contributed by atoms with Crippen molar-refractivity contribution in [3.63, 3.8) is 0 Å². The number of thiazole rings is 1. The molecular weight excluding hydrogens is 519 g/mol. The van der Waals surface area contributed by atoms with Crippen molar-refractivity contribution in [2.75, 3.05) is 18.0 Å². The Kier molecular flexibility index (Phi) is 8.64. The molecule has 0 amide bonds. The third kappa shape index (κ3) is 6.98. The lowest BCUT2D eigenvalue weighted by Gasteiger charge is -2.32. The Labute approximate surface area is 231 Å². The third-order valence-corrected chi connectivity index (χ3v) is 7.45. The highest BCUT2D eigenvalue weighted by Gasteiger charge is 2.25. The van der Waals surface area contributed by atoms with Gasteiger partial charge >= 0.3 is 5.97 Å². The maximum absolute atomic E-state index is 15.2. The summed E-state index contributed by atoms with van der Waals surface area (Å²) in [6.07, 6.45) is 7.15. The van der Waals surface area contributed by atoms with Crippen LogP contribution in [0.25, 0.3) is 11.7 Å². The van der Waals surface area contributed by atoms with Gasteiger partial charge in [-0.15, -0.1) is 11.3 Å². The van der Waals surface area contributed by atoms with E-state index in [9.17, 15) is 14.4 Å². The lowest BCUT2D eigenvalue weighted by atomic mass is 9.99. The van der Waals surface area contributed by atoms with Crippen LogP contribution < -0.4 is 10.5 Å². The molecule has 8 nitrogen and oxygen atoms in total. The number of carbonyl (C=O) groups is 2. The van der Waals surface area contributed by atoms with E-state index in [0.29, 0.717) is 48.9 Å². The lowest BCUT2D eigenvalue weighted by Crippen LogP contribution is -2.38. The highest BCUT2D eigenvalue weighted by atomic mass is 32.1. The number of aryl methyl sites for hydroxylation is 2. The van der Waals surface area contributed by atoms with Gasteiger partial charge < -0.3 is 14.4 Å². The summed E-state index contributed by atoms with van der Waals surface area (Å²) in [6.45, 7) is 10.4. The van der Waals surface area contributed by atoms with Crippen molar-refractivity contribution in [2.45, 2.75) is 71.8 Å². The van der Waals surface area contributed by atoms with E-state index in [1.54, 1.807) is 38.2 Å². The molecule has 4 rings (SSSR count). The van der Waals surface area contributed by atoms with E-state index in [1.807, 2.05) is 10.3 Å². The number of pyridine rings is 1. The molecule has 4 heterocycles. The molecule has 1 fully saturated rings. The maximum atomic E-state index is 15.2. The van der Waals surface area contributed by atoms with Crippen LogP contribution in [0.4, 0.5) is 10.2 Å². The maximum Gasteiger partial charge on any atom is 0.331 e. The van der Waals surface area contributed by atoms with Gasteiger partial charge in [0.05, 0.1) is 22.5 Å². The Morgan fingerprint density at radius 2 is 2.05 bits per heavy atom. The van der Waals surface area contributed by atoms with Crippen molar-refractivity contribution >= 4 is 41.1 Å². The van der Waals surface area contributed by atoms with Gasteiger partial charge in [-0.2, -0.15) is 0 Å². The number of nitrogens with zero attached hydrogens (tertiary/aromatic N) is 4. The number of ether oxygens (including phenoxy) is 1. The van der Waals surface area contributed by atoms with Gasteiger partial charge in [-0.1, -0.05) is 13.8 Å². The van der Waals surface area contributed by atoms with E-state index < -0.39 is 22.9 Å². The molecule has 0 bridgehead atoms. The molecule has 3 aromatic rings. The smallest absolute Gasteiger partial charge is 0.331 e. The second-order valence-corrected chi connectivity index (χ2v) is 12.1. The summed E-state index contributed by atoms with van der Waals surface area (Å²) in [5.41, 5.74) is 0.705. The molecule has 10 heteroatoms. The number of anilines is 1. The molecule has 0 aromatic carbocycles. The van der Waals surface area contributed by atoms with Gasteiger partial charge in [0, 0.05) is 36.9 Å². The van der Waals surface area contributed by atoms with Crippen LogP contribution in [0.1, 0.15) is 75.2 Å². The standard InChI is InChI=1S/C29H35FN4O4S/c1-18(2)23-17-39-25(31-23)10-8-20-13-24-32-27(33-12-6-7-19(14-33)16-35)21(28(37)34(24)15-22(20)30)9-11-26(36)38-29(3,4)5/h9,11,13,15-19H,6-8,10,12,14H2,1-5H3. The Bertz CT molecular complexity index is 1450. The van der Waals surface area contributed by atoms with Crippen molar-refractivity contribution in [1.82, 2.24) is 14.4 Å². The van der Waals surface area contributed by atoms with E-state index in [4.69, 9.17) is 9.72 Å². The van der Waals surface area contributed by atoms with Crippen LogP contribution in [-0.2, 0) is 27.2 Å². The zero-order valence-electron chi connectivity index (χ0n) is 23.1. The first-order valence-electron chi connectivity index (χ1n) is 13.3. The summed E-state index contributed by atoms with van der Waals surface area (Å²) in [6, 6.07) is 1.60. The van der Waals surface area contributed by atoms with Gasteiger partial charge in [-0.25, -0.2) is 19.2 Å². The van der Waals surface area contributed by atoms with Crippen LogP contribution in [0.3, 0.4) is 0 Å². The van der Waals surface area contributed by atoms with Crippen LogP contribution in [0.2, 0.25) is 0 Å². The highest BCUT2D eigenvalue weighted by Crippen LogP contribution is 2.26. The van der Waals surface area contributed by atoms with Crippen molar-refractivity contribution in [3.05, 3.63) is 61.7 Å². The summed E-state index contributed by atoms with van der Waals surface area (Å²) < 4.78 is 21.7. The van der Waals surface area contributed by atoms with E-state index in [1.165, 1.54) is 16.6 Å². The summed E-state index contributed by atoms with van der Waals surface area (Å²) in [5, 5.41) is 2.96. The summed E-state index contributed by atoms with van der Waals surface area (Å²) in [5.74, 6) is -0.605. The molecular formula is C29H35FN4O4S. The number of hydrogen-bond donors (Lipinski definition) is 0. The second-order valence-electron chi connectivity index (χ2n) is 11.2. The molecule has 0 saturated carbocycles. The van der Waals surface area contributed by atoms with Crippen LogP contribution in [-0.4, -0.2) is 45.3 Å². The predicted octanol–water partition coefficient (Wildman–Crippen LogP) is 4.97. The number of aromatic nitrogens is 3. The number of carbonyl (C=O) groups excluding carboxylic acids is 2. The van der Waals surface area contributed by atoms with Crippen LogP contribution in [0.15, 0.2) is 28.5 Å². The van der Waals surface area contributed by atoms with Gasteiger partial charge in [-0.05, 0) is 63.7 Å². The van der Waals surface area contributed by atoms with Crippen LogP contribution in [0, 0.1) is 11.7 Å². The van der Waals surface area contributed by atoms with Gasteiger partial charge in [0.2, 0.25) is 0 Å². The molecule has 1 aliphatic heterocycles. The van der Waals surface area contributed by atoms with Gasteiger partial charge in [0.1, 0.15) is 29.2 Å². The Morgan fingerprint density at radius 3 is 2.72 bits per heavy atom. The fraction of sp³-hybridized carbons (Fsp3) is 0.483. The molecule has 1 unspecified atom stereocenters. The number of halogens is 1. The monoisotopic (exact) mass is 554 g/mol. The van der Waals surface area contributed by atoms with E-state index >= 15 is 4.39 Å². The molecule has 0 spiro atoms. The first-order chi connectivity index (χ1) is 18.4. The molecule has 39 heavy (non-hydrogen) atoms. The number of rotatable bonds is 8. The molecule has 208 valence electrons. The van der Waals surface area contributed by atoms with Crippen LogP contribution >= 0.6 is 11.3 Å². The molecule has 0 N–H and O–H groups in total. The number of aldehydes is 1. The third-order valence-electron chi connectivity index (χ3n) is 6.52. The molecule has 0 aliphatic carbocycles. The first-order valence-corrected chi connectivity index (χ1v) is 14.1. The van der Waals surface area contributed by atoms with Gasteiger partial charge in [0.25, 0.3) is 5.56 Å². The number of hydrogen-bond acceptors (Lipinski definition) is 8. The Balaban J connectivity index is 1.73. The Hall–Kier alpha value is -3.40. The van der Waals surface area contributed by atoms with Crippen molar-refractivity contribution in [3.8, 4) is 0 Å². The van der Waals surface area contributed by atoms with Crippen LogP contribution in [0.5, 0.6) is 0 Å². The molecule has 0 radical (unpaired) electrons. The quantitative estimate of drug-likeness (QED) is 0.221. The summed E-state index contributed by atoms with van der Waals surface area (Å²) >= 11 is 1.56. The number of fused-ring (bicyclic) bond motifs is 1. The average Bonchev–Trinajstić information content (AvgIpc) is 3.36. The Morgan fingerprint density at radius 1 is 1.28 bits per heavy atom. The largest absolute Gasteiger partial charge is 0.457 e. The molecule has 1 saturated heterocycles. The lowest BCUT2D eigenvalue weighted by molar-refractivity contribution is -0.148. The van der Waals surface area contributed by atoms with Gasteiger partial charge in [-0.3, -0.25) is 9.20 Å². The second kappa shape index (κ2) is 11.8. The average molecular weight is 555 g/mol. The fourth-order valence-corrected chi connectivity index (χ4v) is 5.49. The SMILES string of the molecule is CC(C)c1csc(CCc2cc3nc(N4CCCC(C=O)C4)c(C=CC(=O)OC(C)(C)C)c(=O)n3cc2F)n1. The zero-order valence-corrected chi connectivity index (χ0v) is 23.9. The topological polar surface area (TPSA) is 93.9 Å². The zero-order chi connectivity index (χ0) is 28.3.